The van der Waals surface area contributed by atoms with E-state index in [4.69, 9.17) is 0 Å². The molecule has 0 amide bonds. The molecule has 1 saturated heterocycles. The zero-order valence-corrected chi connectivity index (χ0v) is 22.1. The third-order valence-corrected chi connectivity index (χ3v) is 9.97. The number of nitrogens with one attached hydrogen (secondary N) is 1. The van der Waals surface area contributed by atoms with Crippen LogP contribution >= 0.6 is 0 Å². The second-order valence-corrected chi connectivity index (χ2v) is 13.4. The summed E-state index contributed by atoms with van der Waals surface area (Å²) in [6.45, 7) is 1.34. The molecular weight excluding hydrogens is 504 g/mol. The molecule has 4 aromatic rings. The van der Waals surface area contributed by atoms with Crippen LogP contribution in [0.25, 0.3) is 17.0 Å². The van der Waals surface area contributed by atoms with Crippen LogP contribution < -0.4 is 5.32 Å². The maximum Gasteiger partial charge on any atom is 0.199 e. The van der Waals surface area contributed by atoms with Gasteiger partial charge in [0.05, 0.1) is 15.5 Å². The molecule has 8 heteroatoms. The number of aryl methyl sites for hydroxylation is 1. The van der Waals surface area contributed by atoms with Crippen molar-refractivity contribution in [3.05, 3.63) is 102 Å². The van der Waals surface area contributed by atoms with Crippen LogP contribution in [0.5, 0.6) is 0 Å². The van der Waals surface area contributed by atoms with Crippen LogP contribution in [0.3, 0.4) is 0 Å². The standard InChI is InChI=1S/C29H30N2O4S2/c32-36(33,26-9-3-1-4-10-26)18-15-23-13-14-29-28(20-23)24(21-25-8-7-16-30-25)22-31(29)17-19-37(34,35)27-11-5-2-6-12-27/h1-6,9-15,18,20,22,25,30H,7-8,16-17,19,21H2/b18-15+. The molecular formula is C29H30N2O4S2. The van der Waals surface area contributed by atoms with E-state index in [0.717, 1.165) is 47.8 Å². The number of hydrogen-bond donors (Lipinski definition) is 1. The van der Waals surface area contributed by atoms with Gasteiger partial charge in [-0.3, -0.25) is 0 Å². The summed E-state index contributed by atoms with van der Waals surface area (Å²) in [5.74, 6) is -0.00111. The van der Waals surface area contributed by atoms with Crippen molar-refractivity contribution in [2.75, 3.05) is 12.3 Å². The Hall–Kier alpha value is -3.20. The van der Waals surface area contributed by atoms with Crippen LogP contribution in [0.4, 0.5) is 0 Å². The lowest BCUT2D eigenvalue weighted by Gasteiger charge is -2.09. The van der Waals surface area contributed by atoms with Gasteiger partial charge < -0.3 is 9.88 Å². The summed E-state index contributed by atoms with van der Waals surface area (Å²) >= 11 is 0. The molecule has 1 aliphatic rings. The normalized spacial score (nSPS) is 16.6. The Morgan fingerprint density at radius 2 is 1.59 bits per heavy atom. The van der Waals surface area contributed by atoms with Crippen molar-refractivity contribution >= 4 is 36.7 Å². The second-order valence-electron chi connectivity index (χ2n) is 9.41. The van der Waals surface area contributed by atoms with Crippen molar-refractivity contribution in [3.8, 4) is 0 Å². The van der Waals surface area contributed by atoms with E-state index in [9.17, 15) is 16.8 Å². The van der Waals surface area contributed by atoms with Crippen LogP contribution in [-0.4, -0.2) is 39.7 Å². The fraction of sp³-hybridized carbons (Fsp3) is 0.241. The third-order valence-electron chi connectivity index (χ3n) is 6.83. The quantitative estimate of drug-likeness (QED) is 0.332. The summed E-state index contributed by atoms with van der Waals surface area (Å²) < 4.78 is 53.2. The first-order chi connectivity index (χ1) is 17.8. The highest BCUT2D eigenvalue weighted by Gasteiger charge is 2.20. The molecule has 1 unspecified atom stereocenters. The molecule has 0 aliphatic carbocycles. The van der Waals surface area contributed by atoms with E-state index < -0.39 is 19.7 Å². The summed E-state index contributed by atoms with van der Waals surface area (Å²) in [4.78, 5) is 0.583. The van der Waals surface area contributed by atoms with Crippen molar-refractivity contribution in [2.45, 2.75) is 41.6 Å². The molecule has 1 atom stereocenters. The minimum Gasteiger partial charge on any atom is -0.346 e. The average Bonchev–Trinajstić information content (AvgIpc) is 3.55. The number of hydrogen-bond acceptors (Lipinski definition) is 5. The lowest BCUT2D eigenvalue weighted by Crippen LogP contribution is -2.23. The number of rotatable bonds is 9. The molecule has 1 aliphatic heterocycles. The molecule has 3 aromatic carbocycles. The Morgan fingerprint density at radius 1 is 0.892 bits per heavy atom. The Balaban J connectivity index is 1.45. The Kier molecular flexibility index (Phi) is 7.33. The van der Waals surface area contributed by atoms with E-state index in [1.165, 1.54) is 5.41 Å². The molecule has 0 radical (unpaired) electrons. The van der Waals surface area contributed by atoms with Crippen molar-refractivity contribution < 1.29 is 16.8 Å². The maximum atomic E-state index is 12.9. The van der Waals surface area contributed by atoms with E-state index in [2.05, 4.69) is 11.5 Å². The van der Waals surface area contributed by atoms with Gasteiger partial charge in [-0.2, -0.15) is 0 Å². The lowest BCUT2D eigenvalue weighted by molar-refractivity contribution is 0.588. The topological polar surface area (TPSA) is 85.2 Å². The van der Waals surface area contributed by atoms with Crippen LogP contribution in [0.1, 0.15) is 24.0 Å². The highest BCUT2D eigenvalue weighted by Crippen LogP contribution is 2.27. The van der Waals surface area contributed by atoms with E-state index >= 15 is 0 Å². The van der Waals surface area contributed by atoms with Gasteiger partial charge in [-0.15, -0.1) is 0 Å². The summed E-state index contributed by atoms with van der Waals surface area (Å²) in [7, 11) is -6.96. The number of benzene rings is 3. The SMILES string of the molecule is O=S(=O)(/C=C/c1ccc2c(c1)c(CC1CCCN1)cn2CCS(=O)(=O)c1ccccc1)c1ccccc1. The first-order valence-corrected chi connectivity index (χ1v) is 15.6. The number of sulfone groups is 2. The molecule has 1 N–H and O–H groups in total. The van der Waals surface area contributed by atoms with Gasteiger partial charge >= 0.3 is 0 Å². The molecule has 192 valence electrons. The predicted molar refractivity (Wildman–Crippen MR) is 148 cm³/mol. The monoisotopic (exact) mass is 534 g/mol. The maximum absolute atomic E-state index is 12.9. The van der Waals surface area contributed by atoms with E-state index in [1.807, 2.05) is 22.8 Å². The second kappa shape index (κ2) is 10.7. The fourth-order valence-electron chi connectivity index (χ4n) is 4.86. The van der Waals surface area contributed by atoms with Crippen LogP contribution in [-0.2, 0) is 32.6 Å². The summed E-state index contributed by atoms with van der Waals surface area (Å²) in [5, 5.41) is 5.80. The van der Waals surface area contributed by atoms with Gasteiger partial charge in [-0.05, 0) is 79.4 Å². The number of nitrogens with zero attached hydrogens (tertiary/aromatic N) is 1. The smallest absolute Gasteiger partial charge is 0.199 e. The van der Waals surface area contributed by atoms with Gasteiger partial charge in [0.2, 0.25) is 0 Å². The summed E-state index contributed by atoms with van der Waals surface area (Å²) in [6, 6.07) is 23.1. The van der Waals surface area contributed by atoms with Gasteiger partial charge in [-0.1, -0.05) is 42.5 Å². The summed E-state index contributed by atoms with van der Waals surface area (Å²) in [5.41, 5.74) is 2.86. The molecule has 0 bridgehead atoms. The Morgan fingerprint density at radius 3 is 2.27 bits per heavy atom. The average molecular weight is 535 g/mol. The van der Waals surface area contributed by atoms with Gasteiger partial charge in [0, 0.05) is 35.1 Å². The summed E-state index contributed by atoms with van der Waals surface area (Å²) in [6.07, 6.45) is 6.76. The molecule has 0 spiro atoms. The van der Waals surface area contributed by atoms with Crippen LogP contribution in [0, 0.1) is 0 Å². The molecule has 5 rings (SSSR count). The van der Waals surface area contributed by atoms with Crippen molar-refractivity contribution in [1.82, 2.24) is 9.88 Å². The van der Waals surface area contributed by atoms with Crippen LogP contribution in [0.15, 0.2) is 100 Å². The van der Waals surface area contributed by atoms with Crippen LogP contribution in [0.2, 0.25) is 0 Å². The lowest BCUT2D eigenvalue weighted by atomic mass is 10.0. The molecule has 0 saturated carbocycles. The van der Waals surface area contributed by atoms with Crippen molar-refractivity contribution in [2.24, 2.45) is 0 Å². The minimum absolute atomic E-state index is 0.00111. The Bertz CT molecular complexity index is 1620. The molecule has 2 heterocycles. The zero-order chi connectivity index (χ0) is 25.9. The van der Waals surface area contributed by atoms with E-state index in [1.54, 1.807) is 66.7 Å². The van der Waals surface area contributed by atoms with Crippen molar-refractivity contribution in [1.29, 1.82) is 0 Å². The molecule has 37 heavy (non-hydrogen) atoms. The van der Waals surface area contributed by atoms with Gasteiger partial charge in [0.15, 0.2) is 19.7 Å². The van der Waals surface area contributed by atoms with Gasteiger partial charge in [-0.25, -0.2) is 16.8 Å². The Labute approximate surface area is 218 Å². The number of aromatic nitrogens is 1. The van der Waals surface area contributed by atoms with Crippen molar-refractivity contribution in [3.63, 3.8) is 0 Å². The molecule has 6 nitrogen and oxygen atoms in total. The predicted octanol–water partition coefficient (Wildman–Crippen LogP) is 4.85. The fourth-order valence-corrected chi connectivity index (χ4v) is 7.13. The molecule has 1 aromatic heterocycles. The first-order valence-electron chi connectivity index (χ1n) is 12.4. The highest BCUT2D eigenvalue weighted by molar-refractivity contribution is 7.94. The van der Waals surface area contributed by atoms with Gasteiger partial charge in [0.1, 0.15) is 0 Å². The van der Waals surface area contributed by atoms with E-state index in [-0.39, 0.29) is 10.6 Å². The highest BCUT2D eigenvalue weighted by atomic mass is 32.2. The minimum atomic E-state index is -3.55. The first kappa shape index (κ1) is 25.4. The zero-order valence-electron chi connectivity index (χ0n) is 20.5. The largest absolute Gasteiger partial charge is 0.346 e. The third kappa shape index (κ3) is 5.87. The molecule has 1 fully saturated rings. The van der Waals surface area contributed by atoms with E-state index in [0.29, 0.717) is 17.5 Å². The van der Waals surface area contributed by atoms with Gasteiger partial charge in [0.25, 0.3) is 0 Å². The number of fused-ring (bicyclic) bond motifs is 1.